The van der Waals surface area contributed by atoms with Gasteiger partial charge in [0.15, 0.2) is 0 Å². The van der Waals surface area contributed by atoms with E-state index in [0.717, 1.165) is 19.3 Å². The highest BCUT2D eigenvalue weighted by Gasteiger charge is 2.00. The highest BCUT2D eigenvalue weighted by molar-refractivity contribution is 5.91. The molecule has 0 saturated carbocycles. The molecule has 2 heteroatoms. The van der Waals surface area contributed by atoms with Crippen LogP contribution in [0.3, 0.4) is 0 Å². The van der Waals surface area contributed by atoms with Crippen molar-refractivity contribution in [1.29, 1.82) is 0 Å². The molecule has 0 aromatic carbocycles. The lowest BCUT2D eigenvalue weighted by atomic mass is 10.1. The third-order valence-corrected chi connectivity index (χ3v) is 3.84. The Bertz CT molecular complexity index is 294. The number of hydrogen-bond donors (Lipinski definition) is 1. The Balaban J connectivity index is 3.19. The summed E-state index contributed by atoms with van der Waals surface area (Å²) in [5.41, 5.74) is 5.71. The van der Waals surface area contributed by atoms with E-state index in [1.54, 1.807) is 0 Å². The van der Waals surface area contributed by atoms with Gasteiger partial charge in [-0.2, -0.15) is 0 Å². The molecule has 0 bridgehead atoms. The molecule has 0 spiro atoms. The lowest BCUT2D eigenvalue weighted by Crippen LogP contribution is -2.12. The first kappa shape index (κ1) is 19.9. The van der Waals surface area contributed by atoms with E-state index in [1.165, 1.54) is 64.2 Å². The Morgan fingerprint density at radius 2 is 1.33 bits per heavy atom. The van der Waals surface area contributed by atoms with E-state index in [0.29, 0.717) is 5.57 Å². The summed E-state index contributed by atoms with van der Waals surface area (Å²) in [4.78, 5) is 10.8. The summed E-state index contributed by atoms with van der Waals surface area (Å²) < 4.78 is 0. The van der Waals surface area contributed by atoms with E-state index in [9.17, 15) is 4.79 Å². The minimum Gasteiger partial charge on any atom is -0.366 e. The van der Waals surface area contributed by atoms with Crippen molar-refractivity contribution in [3.05, 3.63) is 24.3 Å². The van der Waals surface area contributed by atoms with Crippen molar-refractivity contribution < 1.29 is 4.79 Å². The fourth-order valence-corrected chi connectivity index (χ4v) is 2.36. The van der Waals surface area contributed by atoms with Crippen molar-refractivity contribution in [3.63, 3.8) is 0 Å². The predicted octanol–water partition coefficient (Wildman–Crippen LogP) is 5.68. The van der Waals surface area contributed by atoms with Gasteiger partial charge >= 0.3 is 0 Å². The standard InChI is InChI=1S/C19H35NO/c1-3-4-5-6-7-8-9-10-11-12-13-14-15-16-17-18(2)19(20)21/h10-11H,2-9,12-17H2,1H3,(H2,20,21)/b11-10-. The molecule has 0 heterocycles. The van der Waals surface area contributed by atoms with Gasteiger partial charge in [0.25, 0.3) is 0 Å². The summed E-state index contributed by atoms with van der Waals surface area (Å²) in [6.07, 6.45) is 20.8. The molecular weight excluding hydrogens is 258 g/mol. The Hall–Kier alpha value is -1.05. The summed E-state index contributed by atoms with van der Waals surface area (Å²) in [7, 11) is 0. The van der Waals surface area contributed by atoms with Crippen LogP contribution in [0.5, 0.6) is 0 Å². The van der Waals surface area contributed by atoms with E-state index >= 15 is 0 Å². The molecule has 21 heavy (non-hydrogen) atoms. The van der Waals surface area contributed by atoms with Crippen molar-refractivity contribution >= 4 is 5.91 Å². The second-order valence-electron chi connectivity index (χ2n) is 5.95. The monoisotopic (exact) mass is 293 g/mol. The van der Waals surface area contributed by atoms with Gasteiger partial charge in [0.1, 0.15) is 0 Å². The maximum absolute atomic E-state index is 10.8. The quantitative estimate of drug-likeness (QED) is 0.236. The molecule has 2 nitrogen and oxygen atoms in total. The molecule has 2 N–H and O–H groups in total. The van der Waals surface area contributed by atoms with Crippen LogP contribution in [0, 0.1) is 0 Å². The van der Waals surface area contributed by atoms with Crippen LogP contribution in [-0.4, -0.2) is 5.91 Å². The van der Waals surface area contributed by atoms with Crippen LogP contribution >= 0.6 is 0 Å². The number of nitrogens with two attached hydrogens (primary N) is 1. The van der Waals surface area contributed by atoms with E-state index < -0.39 is 0 Å². The van der Waals surface area contributed by atoms with Crippen LogP contribution in [0.15, 0.2) is 24.3 Å². The second-order valence-corrected chi connectivity index (χ2v) is 5.95. The minimum absolute atomic E-state index is 0.354. The molecule has 0 atom stereocenters. The van der Waals surface area contributed by atoms with E-state index in [-0.39, 0.29) is 5.91 Å². The van der Waals surface area contributed by atoms with Crippen LogP contribution in [0.2, 0.25) is 0 Å². The van der Waals surface area contributed by atoms with Gasteiger partial charge in [0.05, 0.1) is 0 Å². The van der Waals surface area contributed by atoms with Gasteiger partial charge < -0.3 is 5.73 Å². The Morgan fingerprint density at radius 3 is 1.86 bits per heavy atom. The zero-order valence-corrected chi connectivity index (χ0v) is 14.0. The van der Waals surface area contributed by atoms with Gasteiger partial charge in [-0.1, -0.05) is 70.6 Å². The van der Waals surface area contributed by atoms with E-state index in [2.05, 4.69) is 25.7 Å². The van der Waals surface area contributed by atoms with Crippen LogP contribution in [0.25, 0.3) is 0 Å². The molecule has 122 valence electrons. The molecule has 0 aromatic heterocycles. The van der Waals surface area contributed by atoms with Gasteiger partial charge in [0.2, 0.25) is 5.91 Å². The van der Waals surface area contributed by atoms with Gasteiger partial charge in [-0.25, -0.2) is 0 Å². The smallest absolute Gasteiger partial charge is 0.244 e. The van der Waals surface area contributed by atoms with Gasteiger partial charge in [-0.3, -0.25) is 4.79 Å². The molecule has 0 unspecified atom stereocenters. The molecule has 0 radical (unpaired) electrons. The number of allylic oxidation sites excluding steroid dienone is 2. The average Bonchev–Trinajstić information content (AvgIpc) is 2.47. The lowest BCUT2D eigenvalue weighted by Gasteiger charge is -2.01. The molecule has 0 aromatic rings. The summed E-state index contributed by atoms with van der Waals surface area (Å²) in [6.45, 7) is 5.93. The van der Waals surface area contributed by atoms with Gasteiger partial charge in [-0.15, -0.1) is 0 Å². The van der Waals surface area contributed by atoms with Crippen molar-refractivity contribution in [2.24, 2.45) is 5.73 Å². The third kappa shape index (κ3) is 15.2. The normalized spacial score (nSPS) is 11.1. The number of hydrogen-bond acceptors (Lipinski definition) is 1. The molecule has 0 aliphatic heterocycles. The fourth-order valence-electron chi connectivity index (χ4n) is 2.36. The Morgan fingerprint density at radius 1 is 0.857 bits per heavy atom. The molecular formula is C19H35NO. The molecule has 1 amide bonds. The van der Waals surface area contributed by atoms with Crippen molar-refractivity contribution in [1.82, 2.24) is 0 Å². The average molecular weight is 293 g/mol. The molecule has 0 aliphatic rings. The summed E-state index contributed by atoms with van der Waals surface area (Å²) >= 11 is 0. The highest BCUT2D eigenvalue weighted by atomic mass is 16.1. The van der Waals surface area contributed by atoms with Crippen LogP contribution in [0.1, 0.15) is 90.4 Å². The molecule has 0 rings (SSSR count). The lowest BCUT2D eigenvalue weighted by molar-refractivity contribution is -0.114. The first-order valence-electron chi connectivity index (χ1n) is 8.81. The van der Waals surface area contributed by atoms with Gasteiger partial charge in [0, 0.05) is 5.57 Å². The maximum Gasteiger partial charge on any atom is 0.244 e. The predicted molar refractivity (Wildman–Crippen MR) is 93.2 cm³/mol. The zero-order valence-electron chi connectivity index (χ0n) is 14.0. The number of primary amides is 1. The highest BCUT2D eigenvalue weighted by Crippen LogP contribution is 2.11. The Kier molecular flexibility index (Phi) is 14.6. The summed E-state index contributed by atoms with van der Waals surface area (Å²) in [5.74, 6) is -0.354. The number of unbranched alkanes of at least 4 members (excludes halogenated alkanes) is 10. The second kappa shape index (κ2) is 15.3. The van der Waals surface area contributed by atoms with Gasteiger partial charge in [-0.05, 0) is 38.5 Å². The number of amides is 1. The van der Waals surface area contributed by atoms with E-state index in [1.807, 2.05) is 0 Å². The molecule has 0 aliphatic carbocycles. The van der Waals surface area contributed by atoms with Crippen LogP contribution < -0.4 is 5.73 Å². The SMILES string of the molecule is C=C(CCCCCC/C=C\CCCCCCCC)C(N)=O. The molecule has 0 saturated heterocycles. The largest absolute Gasteiger partial charge is 0.366 e. The summed E-state index contributed by atoms with van der Waals surface area (Å²) in [6, 6.07) is 0. The maximum atomic E-state index is 10.8. The Labute approximate surface area is 131 Å². The van der Waals surface area contributed by atoms with Crippen LogP contribution in [0.4, 0.5) is 0 Å². The van der Waals surface area contributed by atoms with Crippen LogP contribution in [-0.2, 0) is 4.79 Å². The number of rotatable bonds is 15. The van der Waals surface area contributed by atoms with E-state index in [4.69, 9.17) is 5.73 Å². The van der Waals surface area contributed by atoms with Crippen molar-refractivity contribution in [2.45, 2.75) is 90.4 Å². The fraction of sp³-hybridized carbons (Fsp3) is 0.737. The summed E-state index contributed by atoms with van der Waals surface area (Å²) in [5, 5.41) is 0. The first-order chi connectivity index (χ1) is 10.2. The number of carbonyl (C=O) groups is 1. The molecule has 0 fully saturated rings. The third-order valence-electron chi connectivity index (χ3n) is 3.84. The minimum atomic E-state index is -0.354. The van der Waals surface area contributed by atoms with Crippen molar-refractivity contribution in [2.75, 3.05) is 0 Å². The zero-order chi connectivity index (χ0) is 15.8. The number of carbonyl (C=O) groups excluding carboxylic acids is 1. The first-order valence-corrected chi connectivity index (χ1v) is 8.81. The van der Waals surface area contributed by atoms with Crippen molar-refractivity contribution in [3.8, 4) is 0 Å². The topological polar surface area (TPSA) is 43.1 Å².